The van der Waals surface area contributed by atoms with E-state index in [9.17, 15) is 14.0 Å². The van der Waals surface area contributed by atoms with Crippen molar-refractivity contribution in [3.05, 3.63) is 74.8 Å². The van der Waals surface area contributed by atoms with Crippen molar-refractivity contribution in [1.82, 2.24) is 14.6 Å². The minimum absolute atomic E-state index is 0.295. The van der Waals surface area contributed by atoms with Gasteiger partial charge in [-0.3, -0.25) is 9.59 Å². The zero-order valence-corrected chi connectivity index (χ0v) is 14.9. The number of hydrogen-bond acceptors (Lipinski definition) is 6. The van der Waals surface area contributed by atoms with Crippen LogP contribution in [0, 0.1) is 5.82 Å². The first kappa shape index (κ1) is 17.0. The molecule has 0 radical (unpaired) electrons. The lowest BCUT2D eigenvalue weighted by Crippen LogP contribution is -2.23. The van der Waals surface area contributed by atoms with Crippen LogP contribution < -0.4 is 14.8 Å². The summed E-state index contributed by atoms with van der Waals surface area (Å²) in [7, 11) is 0. The first-order chi connectivity index (χ1) is 13.0. The highest BCUT2D eigenvalue weighted by Gasteiger charge is 2.16. The van der Waals surface area contributed by atoms with Gasteiger partial charge in [0.05, 0.1) is 10.1 Å². The van der Waals surface area contributed by atoms with Crippen molar-refractivity contribution < 1.29 is 13.9 Å². The maximum absolute atomic E-state index is 13.0. The van der Waals surface area contributed by atoms with Gasteiger partial charge in [0.1, 0.15) is 11.6 Å². The van der Waals surface area contributed by atoms with Crippen LogP contribution in [0.5, 0.6) is 5.75 Å². The summed E-state index contributed by atoms with van der Waals surface area (Å²) >= 11 is 1.18. The van der Waals surface area contributed by atoms with Gasteiger partial charge in [0.25, 0.3) is 5.56 Å². The van der Waals surface area contributed by atoms with E-state index in [4.69, 9.17) is 4.74 Å². The molecule has 2 aromatic heterocycles. The standard InChI is InChI=1S/C19H12FN3O3S/c1-11(24)26-15-5-3-2-4-14(15)17-21-19-23(22-17)18(25)16(27-19)10-12-6-8-13(20)9-7-12/h2-10H,1H3. The van der Waals surface area contributed by atoms with Gasteiger partial charge >= 0.3 is 5.97 Å². The zero-order valence-electron chi connectivity index (χ0n) is 14.0. The number of aromatic nitrogens is 3. The summed E-state index contributed by atoms with van der Waals surface area (Å²) in [6.07, 6.45) is 1.66. The van der Waals surface area contributed by atoms with E-state index in [1.807, 2.05) is 0 Å². The Balaban J connectivity index is 1.79. The first-order valence-corrected chi connectivity index (χ1v) is 8.77. The van der Waals surface area contributed by atoms with E-state index in [-0.39, 0.29) is 11.4 Å². The van der Waals surface area contributed by atoms with E-state index in [1.54, 1.807) is 42.5 Å². The van der Waals surface area contributed by atoms with Crippen LogP contribution in [0.3, 0.4) is 0 Å². The van der Waals surface area contributed by atoms with Gasteiger partial charge in [-0.2, -0.15) is 9.50 Å². The minimum Gasteiger partial charge on any atom is -0.426 e. The van der Waals surface area contributed by atoms with Crippen molar-refractivity contribution in [2.75, 3.05) is 0 Å². The van der Waals surface area contributed by atoms with Crippen molar-refractivity contribution in [1.29, 1.82) is 0 Å². The molecular formula is C19H12FN3O3S. The number of carbonyl (C=O) groups excluding carboxylic acids is 1. The van der Waals surface area contributed by atoms with Crippen molar-refractivity contribution in [3.8, 4) is 17.1 Å². The number of fused-ring (bicyclic) bond motifs is 1. The molecular weight excluding hydrogens is 369 g/mol. The maximum Gasteiger partial charge on any atom is 0.308 e. The summed E-state index contributed by atoms with van der Waals surface area (Å²) in [6.45, 7) is 1.31. The number of rotatable bonds is 3. The quantitative estimate of drug-likeness (QED) is 0.403. The van der Waals surface area contributed by atoms with E-state index in [0.29, 0.717) is 32.2 Å². The number of halogens is 1. The molecule has 0 amide bonds. The van der Waals surface area contributed by atoms with Crippen LogP contribution in [0.4, 0.5) is 4.39 Å². The van der Waals surface area contributed by atoms with E-state index in [1.165, 1.54) is 34.9 Å². The average molecular weight is 381 g/mol. The Morgan fingerprint density at radius 2 is 1.93 bits per heavy atom. The Labute approximate surface area is 156 Å². The SMILES string of the molecule is CC(=O)Oc1ccccc1-c1nc2sc(=Cc3ccc(F)cc3)c(=O)n2n1. The summed E-state index contributed by atoms with van der Waals surface area (Å²) in [6, 6.07) is 12.7. The Hall–Kier alpha value is -3.39. The second-order valence-corrected chi connectivity index (χ2v) is 6.70. The molecule has 0 spiro atoms. The van der Waals surface area contributed by atoms with Gasteiger partial charge in [-0.05, 0) is 35.9 Å². The monoisotopic (exact) mass is 381 g/mol. The number of carbonyl (C=O) groups is 1. The number of ether oxygens (including phenoxy) is 1. The number of para-hydroxylation sites is 1. The molecule has 134 valence electrons. The molecule has 0 saturated heterocycles. The van der Waals surface area contributed by atoms with Gasteiger partial charge in [-0.1, -0.05) is 35.6 Å². The lowest BCUT2D eigenvalue weighted by atomic mass is 10.2. The van der Waals surface area contributed by atoms with Gasteiger partial charge < -0.3 is 4.74 Å². The predicted molar refractivity (Wildman–Crippen MR) is 99.1 cm³/mol. The molecule has 4 rings (SSSR count). The molecule has 0 N–H and O–H groups in total. The Morgan fingerprint density at radius 3 is 2.63 bits per heavy atom. The number of benzene rings is 2. The summed E-state index contributed by atoms with van der Waals surface area (Å²) in [5, 5.41) is 4.26. The molecule has 0 aliphatic heterocycles. The highest BCUT2D eigenvalue weighted by Crippen LogP contribution is 2.27. The summed E-state index contributed by atoms with van der Waals surface area (Å²) in [4.78, 5) is 28.7. The van der Waals surface area contributed by atoms with Gasteiger partial charge in [-0.15, -0.1) is 5.10 Å². The molecule has 8 heteroatoms. The molecule has 2 heterocycles. The van der Waals surface area contributed by atoms with Crippen molar-refractivity contribution in [2.45, 2.75) is 6.92 Å². The van der Waals surface area contributed by atoms with Crippen LogP contribution in [0.2, 0.25) is 0 Å². The second-order valence-electron chi connectivity index (χ2n) is 5.69. The van der Waals surface area contributed by atoms with E-state index in [2.05, 4.69) is 10.1 Å². The molecule has 0 unspecified atom stereocenters. The minimum atomic E-state index is -0.454. The first-order valence-electron chi connectivity index (χ1n) is 7.96. The van der Waals surface area contributed by atoms with Gasteiger partial charge in [0, 0.05) is 6.92 Å². The van der Waals surface area contributed by atoms with Crippen molar-refractivity contribution >= 4 is 28.3 Å². The number of nitrogens with zero attached hydrogens (tertiary/aromatic N) is 3. The zero-order chi connectivity index (χ0) is 19.0. The number of hydrogen-bond donors (Lipinski definition) is 0. The summed E-state index contributed by atoms with van der Waals surface area (Å²) in [5.74, 6) is -0.172. The smallest absolute Gasteiger partial charge is 0.308 e. The van der Waals surface area contributed by atoms with Crippen LogP contribution in [-0.4, -0.2) is 20.6 Å². The van der Waals surface area contributed by atoms with E-state index in [0.717, 1.165) is 0 Å². The van der Waals surface area contributed by atoms with Gasteiger partial charge in [0.2, 0.25) is 4.96 Å². The lowest BCUT2D eigenvalue weighted by Gasteiger charge is -2.04. The Morgan fingerprint density at radius 1 is 1.19 bits per heavy atom. The fourth-order valence-electron chi connectivity index (χ4n) is 2.55. The molecule has 0 saturated carbocycles. The van der Waals surface area contributed by atoms with E-state index < -0.39 is 5.97 Å². The number of esters is 1. The van der Waals surface area contributed by atoms with Crippen LogP contribution in [0.25, 0.3) is 22.4 Å². The molecule has 0 atom stereocenters. The summed E-state index contributed by atoms with van der Waals surface area (Å²) < 4.78 is 19.8. The Bertz CT molecular complexity index is 1260. The third-order valence-corrected chi connectivity index (χ3v) is 4.69. The second kappa shape index (κ2) is 6.73. The third kappa shape index (κ3) is 3.34. The van der Waals surface area contributed by atoms with Crippen LogP contribution in [0.1, 0.15) is 12.5 Å². The highest BCUT2D eigenvalue weighted by atomic mass is 32.1. The molecule has 2 aromatic carbocycles. The molecule has 4 aromatic rings. The van der Waals surface area contributed by atoms with Crippen molar-refractivity contribution in [2.24, 2.45) is 0 Å². The van der Waals surface area contributed by atoms with Gasteiger partial charge in [-0.25, -0.2) is 4.39 Å². The Kier molecular flexibility index (Phi) is 4.25. The van der Waals surface area contributed by atoms with Crippen LogP contribution in [0.15, 0.2) is 53.3 Å². The average Bonchev–Trinajstić information content (AvgIpc) is 3.17. The molecule has 6 nitrogen and oxygen atoms in total. The molecule has 0 bridgehead atoms. The lowest BCUT2D eigenvalue weighted by molar-refractivity contribution is -0.131. The van der Waals surface area contributed by atoms with E-state index >= 15 is 0 Å². The largest absolute Gasteiger partial charge is 0.426 e. The topological polar surface area (TPSA) is 73.6 Å². The molecule has 0 aliphatic rings. The fraction of sp³-hybridized carbons (Fsp3) is 0.0526. The normalized spacial score (nSPS) is 11.9. The fourth-order valence-corrected chi connectivity index (χ4v) is 3.46. The number of thiazole rings is 1. The van der Waals surface area contributed by atoms with Crippen LogP contribution >= 0.6 is 11.3 Å². The predicted octanol–water partition coefficient (Wildman–Crippen LogP) is 2.43. The highest BCUT2D eigenvalue weighted by molar-refractivity contribution is 7.15. The summed E-state index contributed by atoms with van der Waals surface area (Å²) in [5.41, 5.74) is 0.911. The van der Waals surface area contributed by atoms with Gasteiger partial charge in [0.15, 0.2) is 5.82 Å². The molecule has 0 fully saturated rings. The maximum atomic E-state index is 13.0. The molecule has 0 aliphatic carbocycles. The van der Waals surface area contributed by atoms with Crippen molar-refractivity contribution in [3.63, 3.8) is 0 Å². The third-order valence-electron chi connectivity index (χ3n) is 3.73. The van der Waals surface area contributed by atoms with Crippen LogP contribution in [-0.2, 0) is 4.79 Å². The molecule has 27 heavy (non-hydrogen) atoms.